The normalized spacial score (nSPS) is 16.6. The summed E-state index contributed by atoms with van der Waals surface area (Å²) in [6, 6.07) is 10.2. The molecule has 1 aliphatic rings. The molecule has 0 spiro atoms. The van der Waals surface area contributed by atoms with Crippen LogP contribution in [0.25, 0.3) is 10.6 Å². The van der Waals surface area contributed by atoms with Gasteiger partial charge in [0.25, 0.3) is 0 Å². The number of rotatable bonds is 4. The summed E-state index contributed by atoms with van der Waals surface area (Å²) < 4.78 is 3.08. The molecule has 2 heterocycles. The van der Waals surface area contributed by atoms with E-state index in [9.17, 15) is 0 Å². The Hall–Kier alpha value is -0.920. The summed E-state index contributed by atoms with van der Waals surface area (Å²) in [6.45, 7) is 1.99. The van der Waals surface area contributed by atoms with E-state index < -0.39 is 0 Å². The maximum Gasteiger partial charge on any atom is 0.206 e. The van der Waals surface area contributed by atoms with Crippen molar-refractivity contribution in [3.63, 3.8) is 0 Å². The van der Waals surface area contributed by atoms with Crippen LogP contribution in [0.4, 0.5) is 0 Å². The Morgan fingerprint density at radius 3 is 2.59 bits per heavy atom. The van der Waals surface area contributed by atoms with E-state index in [1.165, 1.54) is 19.3 Å². The van der Waals surface area contributed by atoms with Gasteiger partial charge < -0.3 is 0 Å². The lowest BCUT2D eigenvalue weighted by Gasteiger charge is -2.17. The minimum Gasteiger partial charge on any atom is -0.254 e. The molecule has 4 rings (SSSR count). The molecule has 0 bridgehead atoms. The van der Waals surface area contributed by atoms with Gasteiger partial charge in [-0.2, -0.15) is 5.10 Å². The molecule has 1 aliphatic carbocycles. The second kappa shape index (κ2) is 9.48. The Kier molecular flexibility index (Phi) is 6.97. The first kappa shape index (κ1) is 21.3. The lowest BCUT2D eigenvalue weighted by atomic mass is 9.96. The number of thiophene rings is 1. The van der Waals surface area contributed by atoms with Crippen LogP contribution in [0, 0.1) is 0 Å². The maximum atomic E-state index is 6.22. The monoisotopic (exact) mass is 527 g/mol. The zero-order valence-corrected chi connectivity index (χ0v) is 20.6. The molecular weight excluding hydrogens is 509 g/mol. The van der Waals surface area contributed by atoms with Crippen LogP contribution in [0.5, 0.6) is 0 Å². The molecule has 1 saturated carbocycles. The quantitative estimate of drug-likeness (QED) is 0.308. The molecular formula is C21H20BrCl2N3S2. The standard InChI is InChI=1S/C21H20BrCl2N3S2/c1-13(14-7-8-16(23)17(24)11-14)26-27-18(19-9-10-20(22)29-19)12-28-21(27)25-15-5-3-2-4-6-15/h7-12,15H,2-6H2,1H3/b25-21?,26-13-. The smallest absolute Gasteiger partial charge is 0.206 e. The maximum absolute atomic E-state index is 6.22. The molecule has 2 aromatic heterocycles. The Balaban J connectivity index is 1.81. The Bertz CT molecular complexity index is 1110. The van der Waals surface area contributed by atoms with Gasteiger partial charge in [-0.1, -0.05) is 48.5 Å². The molecule has 0 aliphatic heterocycles. The SMILES string of the molecule is C/C(=N/n1c(-c2ccc(Br)s2)csc1=NC1CCCCC1)c1ccc(Cl)c(Cl)c1. The van der Waals surface area contributed by atoms with Crippen molar-refractivity contribution in [3.05, 3.63) is 59.9 Å². The zero-order valence-electron chi connectivity index (χ0n) is 15.9. The summed E-state index contributed by atoms with van der Waals surface area (Å²) >= 11 is 19.2. The van der Waals surface area contributed by atoms with Gasteiger partial charge >= 0.3 is 0 Å². The van der Waals surface area contributed by atoms with Crippen molar-refractivity contribution < 1.29 is 0 Å². The fraction of sp³-hybridized carbons (Fsp3) is 0.333. The summed E-state index contributed by atoms with van der Waals surface area (Å²) in [5.74, 6) is 0. The second-order valence-electron chi connectivity index (χ2n) is 7.05. The molecule has 29 heavy (non-hydrogen) atoms. The van der Waals surface area contributed by atoms with Crippen LogP contribution in [-0.2, 0) is 0 Å². The third kappa shape index (κ3) is 5.05. The fourth-order valence-electron chi connectivity index (χ4n) is 3.40. The molecule has 0 N–H and O–H groups in total. The van der Waals surface area contributed by atoms with E-state index in [1.54, 1.807) is 28.7 Å². The van der Waals surface area contributed by atoms with Gasteiger partial charge in [0.15, 0.2) is 0 Å². The highest BCUT2D eigenvalue weighted by atomic mass is 79.9. The van der Waals surface area contributed by atoms with Crippen LogP contribution in [0.15, 0.2) is 49.6 Å². The fourth-order valence-corrected chi connectivity index (χ4v) is 6.06. The van der Waals surface area contributed by atoms with Gasteiger partial charge in [0, 0.05) is 5.38 Å². The van der Waals surface area contributed by atoms with Crippen LogP contribution >= 0.6 is 61.8 Å². The molecule has 0 atom stereocenters. The lowest BCUT2D eigenvalue weighted by Crippen LogP contribution is -2.19. The Labute approximate surface area is 196 Å². The first-order valence-electron chi connectivity index (χ1n) is 9.52. The summed E-state index contributed by atoms with van der Waals surface area (Å²) in [6.07, 6.45) is 6.16. The van der Waals surface area contributed by atoms with Crippen molar-refractivity contribution in [1.29, 1.82) is 0 Å². The number of hydrogen-bond donors (Lipinski definition) is 0. The Morgan fingerprint density at radius 2 is 1.90 bits per heavy atom. The van der Waals surface area contributed by atoms with E-state index in [0.717, 1.165) is 43.3 Å². The molecule has 0 unspecified atom stereocenters. The van der Waals surface area contributed by atoms with Gasteiger partial charge in [0.1, 0.15) is 0 Å². The van der Waals surface area contributed by atoms with Gasteiger partial charge in [0.2, 0.25) is 4.80 Å². The average molecular weight is 529 g/mol. The number of hydrogen-bond acceptors (Lipinski definition) is 4. The summed E-state index contributed by atoms with van der Waals surface area (Å²) in [4.78, 5) is 7.17. The number of thiazole rings is 1. The number of aromatic nitrogens is 1. The zero-order chi connectivity index (χ0) is 20.4. The molecule has 1 fully saturated rings. The predicted octanol–water partition coefficient (Wildman–Crippen LogP) is 7.85. The lowest BCUT2D eigenvalue weighted by molar-refractivity contribution is 0.435. The first-order valence-corrected chi connectivity index (χ1v) is 12.8. The van der Waals surface area contributed by atoms with E-state index in [1.807, 2.05) is 23.7 Å². The summed E-state index contributed by atoms with van der Waals surface area (Å²) in [5.41, 5.74) is 2.86. The van der Waals surface area contributed by atoms with E-state index in [-0.39, 0.29) is 0 Å². The highest BCUT2D eigenvalue weighted by Crippen LogP contribution is 2.32. The van der Waals surface area contributed by atoms with Gasteiger partial charge in [-0.15, -0.1) is 22.7 Å². The number of benzene rings is 1. The van der Waals surface area contributed by atoms with Crippen LogP contribution in [0.2, 0.25) is 10.0 Å². The molecule has 152 valence electrons. The van der Waals surface area contributed by atoms with Gasteiger partial charge in [-0.3, -0.25) is 4.99 Å². The molecule has 8 heteroatoms. The molecule has 0 amide bonds. The van der Waals surface area contributed by atoms with Crippen molar-refractivity contribution in [1.82, 2.24) is 4.68 Å². The van der Waals surface area contributed by atoms with E-state index in [2.05, 4.69) is 33.4 Å². The van der Waals surface area contributed by atoms with Crippen molar-refractivity contribution in [2.75, 3.05) is 0 Å². The molecule has 0 saturated heterocycles. The Morgan fingerprint density at radius 1 is 1.10 bits per heavy atom. The topological polar surface area (TPSA) is 29.6 Å². The predicted molar refractivity (Wildman–Crippen MR) is 130 cm³/mol. The third-order valence-electron chi connectivity index (χ3n) is 4.97. The average Bonchev–Trinajstić information content (AvgIpc) is 3.31. The van der Waals surface area contributed by atoms with E-state index >= 15 is 0 Å². The van der Waals surface area contributed by atoms with Crippen LogP contribution in [-0.4, -0.2) is 16.4 Å². The van der Waals surface area contributed by atoms with E-state index in [0.29, 0.717) is 16.1 Å². The third-order valence-corrected chi connectivity index (χ3v) is 8.18. The first-order chi connectivity index (χ1) is 14.0. The van der Waals surface area contributed by atoms with Gasteiger partial charge in [-0.05, 0) is 65.5 Å². The van der Waals surface area contributed by atoms with Crippen molar-refractivity contribution in [2.24, 2.45) is 10.1 Å². The van der Waals surface area contributed by atoms with Crippen molar-refractivity contribution in [2.45, 2.75) is 45.1 Å². The van der Waals surface area contributed by atoms with Crippen molar-refractivity contribution >= 4 is 67.5 Å². The minimum absolute atomic E-state index is 0.386. The second-order valence-corrected chi connectivity index (χ2v) is 11.2. The molecule has 3 nitrogen and oxygen atoms in total. The van der Waals surface area contributed by atoms with Crippen molar-refractivity contribution in [3.8, 4) is 10.6 Å². The molecule has 3 aromatic rings. The van der Waals surface area contributed by atoms with Gasteiger partial charge in [0.05, 0.1) is 36.2 Å². The largest absolute Gasteiger partial charge is 0.254 e. The van der Waals surface area contributed by atoms with Crippen LogP contribution in [0.1, 0.15) is 44.6 Å². The summed E-state index contributed by atoms with van der Waals surface area (Å²) in [5, 5.41) is 8.17. The van der Waals surface area contributed by atoms with Crippen LogP contribution in [0.3, 0.4) is 0 Å². The van der Waals surface area contributed by atoms with Gasteiger partial charge in [-0.25, -0.2) is 4.68 Å². The summed E-state index contributed by atoms with van der Waals surface area (Å²) in [7, 11) is 0. The number of nitrogens with zero attached hydrogens (tertiary/aromatic N) is 3. The van der Waals surface area contributed by atoms with Crippen LogP contribution < -0.4 is 4.80 Å². The highest BCUT2D eigenvalue weighted by molar-refractivity contribution is 9.11. The highest BCUT2D eigenvalue weighted by Gasteiger charge is 2.15. The van der Waals surface area contributed by atoms with E-state index in [4.69, 9.17) is 33.3 Å². The molecule has 1 aromatic carbocycles. The number of halogens is 3. The minimum atomic E-state index is 0.386. The molecule has 0 radical (unpaired) electrons.